The first-order chi connectivity index (χ1) is 8.73. The lowest BCUT2D eigenvalue weighted by molar-refractivity contribution is -0.383. The standard InChI is InChI=1S/C13H22N2O3S/c1-8(2)6-9(3)14(5)13-11(15(17)18)7-12(19-13)10(4)16/h7-10,16H,6H2,1-5H3/t9?,10-/m0/s1. The van der Waals surface area contributed by atoms with E-state index >= 15 is 0 Å². The number of anilines is 1. The molecule has 0 aliphatic carbocycles. The summed E-state index contributed by atoms with van der Waals surface area (Å²) < 4.78 is 0. The Morgan fingerprint density at radius 3 is 2.42 bits per heavy atom. The Hall–Kier alpha value is -1.14. The van der Waals surface area contributed by atoms with E-state index in [1.54, 1.807) is 6.92 Å². The number of rotatable bonds is 6. The summed E-state index contributed by atoms with van der Waals surface area (Å²) in [5.74, 6) is 0.535. The number of hydrogen-bond acceptors (Lipinski definition) is 5. The maximum atomic E-state index is 11.1. The lowest BCUT2D eigenvalue weighted by atomic mass is 10.0. The molecular weight excluding hydrogens is 264 g/mol. The highest BCUT2D eigenvalue weighted by atomic mass is 32.1. The van der Waals surface area contributed by atoms with Gasteiger partial charge in [-0.2, -0.15) is 0 Å². The van der Waals surface area contributed by atoms with Crippen LogP contribution in [-0.4, -0.2) is 23.1 Å². The quantitative estimate of drug-likeness (QED) is 0.641. The number of hydrogen-bond donors (Lipinski definition) is 1. The summed E-state index contributed by atoms with van der Waals surface area (Å²) in [6.45, 7) is 7.95. The van der Waals surface area contributed by atoms with E-state index in [0.717, 1.165) is 6.42 Å². The fourth-order valence-corrected chi connectivity index (χ4v) is 3.15. The molecule has 1 aromatic rings. The monoisotopic (exact) mass is 286 g/mol. The fraction of sp³-hybridized carbons (Fsp3) is 0.692. The Balaban J connectivity index is 3.06. The van der Waals surface area contributed by atoms with E-state index in [-0.39, 0.29) is 16.7 Å². The van der Waals surface area contributed by atoms with Crippen molar-refractivity contribution >= 4 is 22.0 Å². The Bertz CT molecular complexity index is 443. The second kappa shape index (κ2) is 6.34. The maximum absolute atomic E-state index is 11.1. The van der Waals surface area contributed by atoms with Gasteiger partial charge in [0.15, 0.2) is 5.00 Å². The lowest BCUT2D eigenvalue weighted by Gasteiger charge is -2.26. The third kappa shape index (κ3) is 3.91. The predicted molar refractivity (Wildman–Crippen MR) is 78.9 cm³/mol. The van der Waals surface area contributed by atoms with Crippen LogP contribution in [0.4, 0.5) is 10.7 Å². The summed E-state index contributed by atoms with van der Waals surface area (Å²) in [5, 5.41) is 21.3. The molecule has 1 N–H and O–H groups in total. The molecule has 0 fully saturated rings. The molecule has 5 nitrogen and oxygen atoms in total. The molecule has 1 aromatic heterocycles. The molecule has 0 aromatic carbocycles. The predicted octanol–water partition coefficient (Wildman–Crippen LogP) is 3.58. The van der Waals surface area contributed by atoms with Crippen LogP contribution in [0, 0.1) is 16.0 Å². The number of thiophene rings is 1. The summed E-state index contributed by atoms with van der Waals surface area (Å²) in [6, 6.07) is 1.70. The first-order valence-electron chi connectivity index (χ1n) is 6.43. The molecule has 0 saturated carbocycles. The molecule has 19 heavy (non-hydrogen) atoms. The Labute approximate surface area is 118 Å². The number of nitrogens with zero attached hydrogens (tertiary/aromatic N) is 2. The minimum Gasteiger partial charge on any atom is -0.388 e. The van der Waals surface area contributed by atoms with Crippen molar-refractivity contribution in [1.82, 2.24) is 0 Å². The van der Waals surface area contributed by atoms with E-state index in [1.807, 2.05) is 11.9 Å². The highest BCUT2D eigenvalue weighted by Gasteiger charge is 2.26. The molecule has 1 heterocycles. The molecule has 108 valence electrons. The van der Waals surface area contributed by atoms with Gasteiger partial charge < -0.3 is 10.0 Å². The molecule has 0 saturated heterocycles. The zero-order chi connectivity index (χ0) is 14.7. The van der Waals surface area contributed by atoms with Crippen molar-refractivity contribution in [2.24, 2.45) is 5.92 Å². The summed E-state index contributed by atoms with van der Waals surface area (Å²) in [6.07, 6.45) is 0.293. The van der Waals surface area contributed by atoms with Crippen LogP contribution in [0.1, 0.15) is 45.1 Å². The van der Waals surface area contributed by atoms with Crippen molar-refractivity contribution in [1.29, 1.82) is 0 Å². The molecule has 0 bridgehead atoms. The van der Waals surface area contributed by atoms with Gasteiger partial charge >= 0.3 is 5.69 Å². The van der Waals surface area contributed by atoms with Gasteiger partial charge in [0.25, 0.3) is 0 Å². The normalized spacial score (nSPS) is 14.5. The van der Waals surface area contributed by atoms with Crippen LogP contribution < -0.4 is 4.90 Å². The van der Waals surface area contributed by atoms with Crippen LogP contribution in [0.2, 0.25) is 0 Å². The van der Waals surface area contributed by atoms with Crippen molar-refractivity contribution in [3.05, 3.63) is 21.1 Å². The maximum Gasteiger partial charge on any atom is 0.304 e. The zero-order valence-electron chi connectivity index (χ0n) is 12.1. The van der Waals surface area contributed by atoms with Crippen LogP contribution in [0.15, 0.2) is 6.07 Å². The molecular formula is C13H22N2O3S. The fourth-order valence-electron chi connectivity index (χ4n) is 2.02. The second-order valence-corrected chi connectivity index (χ2v) is 6.42. The van der Waals surface area contributed by atoms with Crippen molar-refractivity contribution in [3.8, 4) is 0 Å². The Kier molecular flexibility index (Phi) is 5.31. The molecule has 1 unspecified atom stereocenters. The highest BCUT2D eigenvalue weighted by molar-refractivity contribution is 7.16. The van der Waals surface area contributed by atoms with Gasteiger partial charge in [-0.1, -0.05) is 13.8 Å². The topological polar surface area (TPSA) is 66.6 Å². The highest BCUT2D eigenvalue weighted by Crippen LogP contribution is 2.40. The summed E-state index contributed by atoms with van der Waals surface area (Å²) in [5.41, 5.74) is 0.0824. The average molecular weight is 286 g/mol. The zero-order valence-corrected chi connectivity index (χ0v) is 12.9. The van der Waals surface area contributed by atoms with Gasteiger partial charge in [-0.15, -0.1) is 11.3 Å². The molecule has 0 amide bonds. The van der Waals surface area contributed by atoms with Crippen LogP contribution in [-0.2, 0) is 0 Å². The summed E-state index contributed by atoms with van der Waals surface area (Å²) in [7, 11) is 1.87. The Morgan fingerprint density at radius 1 is 1.42 bits per heavy atom. The van der Waals surface area contributed by atoms with E-state index in [1.165, 1.54) is 17.4 Å². The van der Waals surface area contributed by atoms with Gasteiger partial charge in [-0.25, -0.2) is 0 Å². The van der Waals surface area contributed by atoms with Crippen LogP contribution in [0.25, 0.3) is 0 Å². The Morgan fingerprint density at radius 2 is 2.00 bits per heavy atom. The molecule has 6 heteroatoms. The van der Waals surface area contributed by atoms with E-state index in [9.17, 15) is 15.2 Å². The minimum atomic E-state index is -0.675. The summed E-state index contributed by atoms with van der Waals surface area (Å²) in [4.78, 5) is 13.3. The van der Waals surface area contributed by atoms with Crippen molar-refractivity contribution in [2.45, 2.75) is 46.3 Å². The average Bonchev–Trinajstić information content (AvgIpc) is 2.71. The van der Waals surface area contributed by atoms with Crippen molar-refractivity contribution in [3.63, 3.8) is 0 Å². The smallest absolute Gasteiger partial charge is 0.304 e. The van der Waals surface area contributed by atoms with Crippen molar-refractivity contribution < 1.29 is 10.0 Å². The van der Waals surface area contributed by atoms with Crippen LogP contribution in [0.3, 0.4) is 0 Å². The van der Waals surface area contributed by atoms with Gasteiger partial charge in [-0.3, -0.25) is 10.1 Å². The van der Waals surface area contributed by atoms with Gasteiger partial charge in [0.1, 0.15) is 0 Å². The first kappa shape index (κ1) is 15.9. The van der Waals surface area contributed by atoms with Gasteiger partial charge in [-0.05, 0) is 26.2 Å². The molecule has 1 rings (SSSR count). The summed E-state index contributed by atoms with van der Waals surface area (Å²) >= 11 is 1.29. The van der Waals surface area contributed by atoms with Gasteiger partial charge in [0.05, 0.1) is 11.0 Å². The third-order valence-electron chi connectivity index (χ3n) is 3.12. The van der Waals surface area contributed by atoms with Crippen LogP contribution >= 0.6 is 11.3 Å². The minimum absolute atomic E-state index is 0.0824. The number of nitro groups is 1. The molecule has 0 radical (unpaired) electrons. The van der Waals surface area contributed by atoms with E-state index in [0.29, 0.717) is 15.8 Å². The molecule has 2 atom stereocenters. The van der Waals surface area contributed by atoms with E-state index in [4.69, 9.17) is 0 Å². The second-order valence-electron chi connectivity index (χ2n) is 5.36. The van der Waals surface area contributed by atoms with E-state index in [2.05, 4.69) is 20.8 Å². The molecule has 0 aliphatic rings. The van der Waals surface area contributed by atoms with Gasteiger partial charge in [0.2, 0.25) is 0 Å². The van der Waals surface area contributed by atoms with Crippen LogP contribution in [0.5, 0.6) is 0 Å². The third-order valence-corrected chi connectivity index (χ3v) is 4.50. The van der Waals surface area contributed by atoms with E-state index < -0.39 is 6.10 Å². The molecule has 0 spiro atoms. The van der Waals surface area contributed by atoms with Gasteiger partial charge in [0, 0.05) is 24.0 Å². The lowest BCUT2D eigenvalue weighted by Crippen LogP contribution is -2.29. The largest absolute Gasteiger partial charge is 0.388 e. The first-order valence-corrected chi connectivity index (χ1v) is 7.24. The number of aliphatic hydroxyl groups is 1. The SMILES string of the molecule is CC(C)CC(C)N(C)c1sc([C@H](C)O)cc1[N+](=O)[O-]. The molecule has 0 aliphatic heterocycles. The van der Waals surface area contributed by atoms with Crippen molar-refractivity contribution in [2.75, 3.05) is 11.9 Å². The number of aliphatic hydroxyl groups excluding tert-OH is 1.